The minimum atomic E-state index is -0.405. The van der Waals surface area contributed by atoms with Gasteiger partial charge in [-0.1, -0.05) is 23.7 Å². The average Bonchev–Trinajstić information content (AvgIpc) is 3.30. The van der Waals surface area contributed by atoms with E-state index in [1.54, 1.807) is 42.3 Å². The second-order valence-electron chi connectivity index (χ2n) is 10.1. The number of fused-ring (bicyclic) bond motifs is 1. The molecule has 1 atom stereocenters. The molecule has 5 rings (SSSR count). The van der Waals surface area contributed by atoms with Crippen LogP contribution in [0.3, 0.4) is 0 Å². The Morgan fingerprint density at radius 2 is 1.82 bits per heavy atom. The van der Waals surface area contributed by atoms with Gasteiger partial charge in [-0.15, -0.1) is 0 Å². The van der Waals surface area contributed by atoms with Gasteiger partial charge >= 0.3 is 0 Å². The van der Waals surface area contributed by atoms with Crippen molar-refractivity contribution in [3.8, 4) is 0 Å². The quantitative estimate of drug-likeness (QED) is 0.495. The van der Waals surface area contributed by atoms with Crippen LogP contribution in [-0.4, -0.2) is 52.9 Å². The van der Waals surface area contributed by atoms with Gasteiger partial charge in [0.25, 0.3) is 11.8 Å². The summed E-state index contributed by atoms with van der Waals surface area (Å²) in [4.78, 5) is 39.1. The average molecular weight is 536 g/mol. The first kappa shape index (κ1) is 26.1. The number of carbonyl (C=O) groups is 2. The third-order valence-electron chi connectivity index (χ3n) is 7.57. The van der Waals surface area contributed by atoms with Crippen LogP contribution in [0, 0.1) is 19.7 Å². The standard InChI is InChI=1S/C29H31ClFN5O2/c1-17-14-27(33-18(2)32-17)36-12-10-20(11-13-36)35(3)29(38)19-15-23-21(25(31)16-19)8-9-26(23)34-28(37)22-6-4-5-7-24(22)30/h4-7,14-16,20,26H,8-13H2,1-3H3,(H,34,37)/t26-/m1/s1. The summed E-state index contributed by atoms with van der Waals surface area (Å²) in [5.41, 5.74) is 2.81. The SMILES string of the molecule is Cc1cc(N2CCC(N(C)C(=O)c3cc(F)c4c(c3)[C@H](NC(=O)c3ccccc3Cl)CC4)CC2)nc(C)n1. The van der Waals surface area contributed by atoms with Gasteiger partial charge < -0.3 is 15.1 Å². The largest absolute Gasteiger partial charge is 0.356 e. The Labute approximate surface area is 227 Å². The van der Waals surface area contributed by atoms with Gasteiger partial charge in [-0.3, -0.25) is 9.59 Å². The van der Waals surface area contributed by atoms with Crippen LogP contribution in [0.1, 0.15) is 68.7 Å². The molecule has 1 aliphatic heterocycles. The zero-order valence-corrected chi connectivity index (χ0v) is 22.6. The molecular weight excluding hydrogens is 505 g/mol. The van der Waals surface area contributed by atoms with Gasteiger partial charge in [0.15, 0.2) is 0 Å². The molecule has 1 N–H and O–H groups in total. The second-order valence-corrected chi connectivity index (χ2v) is 10.5. The molecule has 2 heterocycles. The number of nitrogens with zero attached hydrogens (tertiary/aromatic N) is 4. The molecule has 7 nitrogen and oxygen atoms in total. The Morgan fingerprint density at radius 3 is 2.53 bits per heavy atom. The van der Waals surface area contributed by atoms with E-state index in [4.69, 9.17) is 11.6 Å². The van der Waals surface area contributed by atoms with E-state index in [0.717, 1.165) is 43.3 Å². The van der Waals surface area contributed by atoms with Gasteiger partial charge in [-0.05, 0) is 74.9 Å². The number of aryl methyl sites for hydroxylation is 2. The Balaban J connectivity index is 1.28. The van der Waals surface area contributed by atoms with E-state index in [-0.39, 0.29) is 23.9 Å². The van der Waals surface area contributed by atoms with Crippen molar-refractivity contribution in [2.24, 2.45) is 0 Å². The number of rotatable bonds is 5. The second kappa shape index (κ2) is 10.7. The summed E-state index contributed by atoms with van der Waals surface area (Å²) < 4.78 is 15.1. The fourth-order valence-corrected chi connectivity index (χ4v) is 5.76. The Kier molecular flexibility index (Phi) is 7.34. The van der Waals surface area contributed by atoms with Crippen LogP contribution in [0.5, 0.6) is 0 Å². The first-order valence-corrected chi connectivity index (χ1v) is 13.3. The molecule has 0 unspecified atom stereocenters. The van der Waals surface area contributed by atoms with Crippen molar-refractivity contribution >= 4 is 29.2 Å². The molecule has 1 aliphatic carbocycles. The molecule has 0 radical (unpaired) electrons. The number of anilines is 1. The Morgan fingerprint density at radius 1 is 1.08 bits per heavy atom. The molecule has 9 heteroatoms. The molecule has 38 heavy (non-hydrogen) atoms. The predicted octanol–water partition coefficient (Wildman–Crippen LogP) is 5.04. The van der Waals surface area contributed by atoms with E-state index in [0.29, 0.717) is 40.1 Å². The molecule has 0 saturated carbocycles. The molecule has 2 aromatic carbocycles. The lowest BCUT2D eigenvalue weighted by atomic mass is 10.00. The first-order valence-electron chi connectivity index (χ1n) is 12.9. The van der Waals surface area contributed by atoms with E-state index in [1.807, 2.05) is 19.9 Å². The minimum Gasteiger partial charge on any atom is -0.356 e. The van der Waals surface area contributed by atoms with E-state index >= 15 is 4.39 Å². The normalized spacial score (nSPS) is 17.3. The van der Waals surface area contributed by atoms with E-state index in [9.17, 15) is 9.59 Å². The highest BCUT2D eigenvalue weighted by Crippen LogP contribution is 2.35. The van der Waals surface area contributed by atoms with Crippen molar-refractivity contribution in [1.82, 2.24) is 20.2 Å². The maximum absolute atomic E-state index is 15.1. The highest BCUT2D eigenvalue weighted by Gasteiger charge is 2.31. The van der Waals surface area contributed by atoms with Gasteiger partial charge in [-0.25, -0.2) is 14.4 Å². The predicted molar refractivity (Wildman–Crippen MR) is 145 cm³/mol. The fourth-order valence-electron chi connectivity index (χ4n) is 5.54. The van der Waals surface area contributed by atoms with Crippen LogP contribution in [0.4, 0.5) is 10.2 Å². The van der Waals surface area contributed by atoms with Crippen molar-refractivity contribution < 1.29 is 14.0 Å². The minimum absolute atomic E-state index is 0.0369. The van der Waals surface area contributed by atoms with E-state index < -0.39 is 5.82 Å². The number of benzene rings is 2. The Bertz CT molecular complexity index is 1370. The lowest BCUT2D eigenvalue weighted by Gasteiger charge is -2.37. The van der Waals surface area contributed by atoms with Crippen LogP contribution < -0.4 is 10.2 Å². The number of amides is 2. The maximum atomic E-state index is 15.1. The van der Waals surface area contributed by atoms with Crippen molar-refractivity contribution in [3.05, 3.63) is 87.1 Å². The summed E-state index contributed by atoms with van der Waals surface area (Å²) in [6.07, 6.45) is 2.64. The van der Waals surface area contributed by atoms with Gasteiger partial charge in [0.05, 0.1) is 16.6 Å². The van der Waals surface area contributed by atoms with E-state index in [1.165, 1.54) is 6.07 Å². The summed E-state index contributed by atoms with van der Waals surface area (Å²) >= 11 is 6.18. The van der Waals surface area contributed by atoms with Crippen LogP contribution >= 0.6 is 11.6 Å². The first-order chi connectivity index (χ1) is 18.2. The Hall–Kier alpha value is -3.52. The highest BCUT2D eigenvalue weighted by atomic mass is 35.5. The molecule has 0 bridgehead atoms. The zero-order chi connectivity index (χ0) is 27.0. The molecular formula is C29H31ClFN5O2. The summed E-state index contributed by atoms with van der Waals surface area (Å²) in [7, 11) is 1.78. The number of hydrogen-bond acceptors (Lipinski definition) is 5. The summed E-state index contributed by atoms with van der Waals surface area (Å²) in [6.45, 7) is 5.39. The number of hydrogen-bond donors (Lipinski definition) is 1. The highest BCUT2D eigenvalue weighted by molar-refractivity contribution is 6.33. The number of halogens is 2. The zero-order valence-electron chi connectivity index (χ0n) is 21.8. The summed E-state index contributed by atoms with van der Waals surface area (Å²) in [5.74, 6) is 0.714. The third kappa shape index (κ3) is 5.23. The number of aromatic nitrogens is 2. The van der Waals surface area contributed by atoms with Crippen LogP contribution in [0.2, 0.25) is 5.02 Å². The third-order valence-corrected chi connectivity index (χ3v) is 7.90. The fraction of sp³-hybridized carbons (Fsp3) is 0.379. The number of carbonyl (C=O) groups excluding carboxylic acids is 2. The van der Waals surface area contributed by atoms with Gasteiger partial charge in [0, 0.05) is 43.5 Å². The van der Waals surface area contributed by atoms with Crippen LogP contribution in [-0.2, 0) is 6.42 Å². The van der Waals surface area contributed by atoms with Crippen molar-refractivity contribution in [1.29, 1.82) is 0 Å². The lowest BCUT2D eigenvalue weighted by molar-refractivity contribution is 0.0708. The smallest absolute Gasteiger partial charge is 0.253 e. The molecule has 2 amide bonds. The van der Waals surface area contributed by atoms with Crippen molar-refractivity contribution in [2.75, 3.05) is 25.0 Å². The molecule has 198 valence electrons. The van der Waals surface area contributed by atoms with E-state index in [2.05, 4.69) is 20.2 Å². The number of piperidine rings is 1. The summed E-state index contributed by atoms with van der Waals surface area (Å²) in [6, 6.07) is 11.5. The van der Waals surface area contributed by atoms with Crippen LogP contribution in [0.15, 0.2) is 42.5 Å². The molecule has 3 aromatic rings. The van der Waals surface area contributed by atoms with Gasteiger partial charge in [-0.2, -0.15) is 0 Å². The van der Waals surface area contributed by atoms with Crippen molar-refractivity contribution in [3.63, 3.8) is 0 Å². The molecule has 1 aromatic heterocycles. The molecule has 1 saturated heterocycles. The van der Waals surface area contributed by atoms with Gasteiger partial charge in [0.2, 0.25) is 0 Å². The lowest BCUT2D eigenvalue weighted by Crippen LogP contribution is -2.46. The summed E-state index contributed by atoms with van der Waals surface area (Å²) in [5, 5.41) is 3.33. The monoisotopic (exact) mass is 535 g/mol. The van der Waals surface area contributed by atoms with Gasteiger partial charge in [0.1, 0.15) is 17.5 Å². The molecule has 1 fully saturated rings. The number of nitrogens with one attached hydrogen (secondary N) is 1. The topological polar surface area (TPSA) is 78.4 Å². The van der Waals surface area contributed by atoms with Crippen molar-refractivity contribution in [2.45, 2.75) is 51.6 Å². The molecule has 2 aliphatic rings. The molecule has 0 spiro atoms. The van der Waals surface area contributed by atoms with Crippen LogP contribution in [0.25, 0.3) is 0 Å². The maximum Gasteiger partial charge on any atom is 0.253 e.